The summed E-state index contributed by atoms with van der Waals surface area (Å²) in [5.41, 5.74) is 14.7. The van der Waals surface area contributed by atoms with Crippen LogP contribution in [0.5, 0.6) is 0 Å². The van der Waals surface area contributed by atoms with Crippen LogP contribution in [-0.4, -0.2) is 28.0 Å². The van der Waals surface area contributed by atoms with E-state index in [1.807, 2.05) is 0 Å². The smallest absolute Gasteiger partial charge is 0.174 e. The fraction of sp³-hybridized carbons (Fsp3) is 0.300. The van der Waals surface area contributed by atoms with Crippen LogP contribution in [0.1, 0.15) is 11.7 Å². The molecule has 1 aromatic carbocycles. The van der Waals surface area contributed by atoms with Crippen molar-refractivity contribution in [1.29, 1.82) is 0 Å². The molecule has 2 atom stereocenters. The van der Waals surface area contributed by atoms with Crippen molar-refractivity contribution in [2.45, 2.75) is 12.2 Å². The van der Waals surface area contributed by atoms with E-state index in [0.717, 1.165) is 0 Å². The molecule has 0 spiro atoms. The number of aromatic nitrogens is 1. The van der Waals surface area contributed by atoms with Crippen LogP contribution in [0.2, 0.25) is 0 Å². The van der Waals surface area contributed by atoms with Crippen molar-refractivity contribution >= 4 is 16.8 Å². The minimum atomic E-state index is -1.18. The van der Waals surface area contributed by atoms with E-state index in [2.05, 4.69) is 15.2 Å². The largest absolute Gasteiger partial charge is 0.390 e. The molecular weight excluding hydrogens is 238 g/mol. The molecule has 2 aromatic rings. The molecule has 0 saturated heterocycles. The number of fused-ring (bicyclic) bond motifs is 1. The van der Waals surface area contributed by atoms with E-state index in [0.29, 0.717) is 16.5 Å². The van der Waals surface area contributed by atoms with Gasteiger partial charge in [-0.2, -0.15) is 0 Å². The number of nitrogen functional groups attached to an aromatic ring is 1. The van der Waals surface area contributed by atoms with Gasteiger partial charge in [-0.25, -0.2) is 0 Å². The summed E-state index contributed by atoms with van der Waals surface area (Å²) in [5, 5.41) is 26.8. The van der Waals surface area contributed by atoms with Crippen molar-refractivity contribution in [3.63, 3.8) is 0 Å². The third kappa shape index (κ3) is 2.21. The predicted molar refractivity (Wildman–Crippen MR) is 63.4 cm³/mol. The maximum Gasteiger partial charge on any atom is 0.174 e. The predicted octanol–water partition coefficient (Wildman–Crippen LogP) is 1.11. The zero-order valence-electron chi connectivity index (χ0n) is 9.26. The van der Waals surface area contributed by atoms with E-state index < -0.39 is 12.2 Å². The van der Waals surface area contributed by atoms with Crippen molar-refractivity contribution in [3.05, 3.63) is 34.2 Å². The van der Waals surface area contributed by atoms with Crippen molar-refractivity contribution in [3.8, 4) is 0 Å². The van der Waals surface area contributed by atoms with Gasteiger partial charge in [0.2, 0.25) is 0 Å². The van der Waals surface area contributed by atoms with Crippen molar-refractivity contribution in [1.82, 2.24) is 5.16 Å². The quantitative estimate of drug-likeness (QED) is 0.422. The highest BCUT2D eigenvalue weighted by Crippen LogP contribution is 2.26. The van der Waals surface area contributed by atoms with Gasteiger partial charge in [-0.1, -0.05) is 16.3 Å². The molecule has 1 aromatic heterocycles. The fourth-order valence-electron chi connectivity index (χ4n) is 1.60. The van der Waals surface area contributed by atoms with Gasteiger partial charge in [0.1, 0.15) is 6.10 Å². The molecular formula is C10H11N5O3. The first kappa shape index (κ1) is 12.2. The zero-order valence-corrected chi connectivity index (χ0v) is 9.26. The average Bonchev–Trinajstić information content (AvgIpc) is 2.76. The third-order valence-electron chi connectivity index (χ3n) is 2.56. The lowest BCUT2D eigenvalue weighted by molar-refractivity contribution is 0.0245. The molecule has 0 aliphatic heterocycles. The maximum atomic E-state index is 9.88. The second kappa shape index (κ2) is 4.92. The minimum absolute atomic E-state index is 0.212. The molecule has 18 heavy (non-hydrogen) atoms. The topological polar surface area (TPSA) is 141 Å². The normalized spacial score (nSPS) is 14.1. The van der Waals surface area contributed by atoms with Crippen LogP contribution in [0.4, 0.5) is 5.82 Å². The number of anilines is 1. The second-order valence-corrected chi connectivity index (χ2v) is 3.75. The summed E-state index contributed by atoms with van der Waals surface area (Å²) in [5.74, 6) is 0.212. The molecule has 0 aliphatic rings. The number of hydrogen-bond donors (Lipinski definition) is 3. The lowest BCUT2D eigenvalue weighted by atomic mass is 10.0. The fourth-order valence-corrected chi connectivity index (χ4v) is 1.60. The SMILES string of the molecule is [N-]=[N+]=NCC(O)C(O)c1ccc2onc(N)c2c1. The number of nitrogens with zero attached hydrogens (tertiary/aromatic N) is 4. The number of aliphatic hydroxyl groups is 2. The van der Waals surface area contributed by atoms with Crippen LogP contribution in [0, 0.1) is 0 Å². The monoisotopic (exact) mass is 249 g/mol. The zero-order chi connectivity index (χ0) is 13.1. The lowest BCUT2D eigenvalue weighted by Gasteiger charge is -2.15. The Morgan fingerprint density at radius 3 is 3.00 bits per heavy atom. The van der Waals surface area contributed by atoms with Crippen LogP contribution < -0.4 is 5.73 Å². The van der Waals surface area contributed by atoms with E-state index in [-0.39, 0.29) is 12.4 Å². The first-order valence-electron chi connectivity index (χ1n) is 5.15. The lowest BCUT2D eigenvalue weighted by Crippen LogP contribution is -2.21. The van der Waals surface area contributed by atoms with E-state index in [9.17, 15) is 10.2 Å². The molecule has 4 N–H and O–H groups in total. The van der Waals surface area contributed by atoms with Crippen LogP contribution in [0.15, 0.2) is 27.8 Å². The van der Waals surface area contributed by atoms with Crippen molar-refractivity contribution in [2.75, 3.05) is 12.3 Å². The van der Waals surface area contributed by atoms with Gasteiger partial charge in [0, 0.05) is 4.91 Å². The molecule has 0 amide bonds. The molecule has 0 bridgehead atoms. The number of nitrogens with two attached hydrogens (primary N) is 1. The van der Waals surface area contributed by atoms with Gasteiger partial charge in [-0.3, -0.25) is 0 Å². The number of aliphatic hydroxyl groups excluding tert-OH is 2. The first-order valence-corrected chi connectivity index (χ1v) is 5.15. The van der Waals surface area contributed by atoms with Gasteiger partial charge in [0.05, 0.1) is 18.0 Å². The summed E-state index contributed by atoms with van der Waals surface area (Å²) in [6.45, 7) is -0.213. The Bertz CT molecular complexity index is 605. The number of rotatable bonds is 4. The summed E-state index contributed by atoms with van der Waals surface area (Å²) >= 11 is 0. The molecule has 2 unspecified atom stereocenters. The standard InChI is InChI=1S/C10H11N5O3/c11-10-6-3-5(1-2-8(6)18-14-10)9(17)7(16)4-13-15-12/h1-3,7,9,16-17H,4H2,(H2,11,14). The van der Waals surface area contributed by atoms with Crippen molar-refractivity contribution < 1.29 is 14.7 Å². The minimum Gasteiger partial charge on any atom is -0.390 e. The third-order valence-corrected chi connectivity index (χ3v) is 2.56. The van der Waals surface area contributed by atoms with Gasteiger partial charge in [0.25, 0.3) is 0 Å². The molecule has 0 saturated carbocycles. The molecule has 0 radical (unpaired) electrons. The molecule has 8 nitrogen and oxygen atoms in total. The van der Waals surface area contributed by atoms with Gasteiger partial charge < -0.3 is 20.5 Å². The average molecular weight is 249 g/mol. The molecule has 94 valence electrons. The van der Waals surface area contributed by atoms with E-state index >= 15 is 0 Å². The number of azide groups is 1. The van der Waals surface area contributed by atoms with Crippen LogP contribution in [0.3, 0.4) is 0 Å². The maximum absolute atomic E-state index is 9.88. The molecule has 0 aliphatic carbocycles. The van der Waals surface area contributed by atoms with E-state index in [1.54, 1.807) is 18.2 Å². The molecule has 8 heteroatoms. The Hall–Kier alpha value is -2.28. The molecule has 1 heterocycles. The van der Waals surface area contributed by atoms with Gasteiger partial charge in [0.15, 0.2) is 11.4 Å². The van der Waals surface area contributed by atoms with Crippen LogP contribution in [0.25, 0.3) is 21.4 Å². The molecule has 2 rings (SSSR count). The van der Waals surface area contributed by atoms with E-state index in [4.69, 9.17) is 15.8 Å². The Kier molecular flexibility index (Phi) is 3.33. The summed E-state index contributed by atoms with van der Waals surface area (Å²) in [4.78, 5) is 2.52. The van der Waals surface area contributed by atoms with Gasteiger partial charge in [-0.15, -0.1) is 0 Å². The van der Waals surface area contributed by atoms with Crippen molar-refractivity contribution in [2.24, 2.45) is 5.11 Å². The molecule has 0 fully saturated rings. The highest BCUT2D eigenvalue weighted by molar-refractivity contribution is 5.87. The summed E-state index contributed by atoms with van der Waals surface area (Å²) in [7, 11) is 0. The summed E-state index contributed by atoms with van der Waals surface area (Å²) < 4.78 is 4.92. The highest BCUT2D eigenvalue weighted by Gasteiger charge is 2.19. The Balaban J connectivity index is 2.29. The Morgan fingerprint density at radius 2 is 2.28 bits per heavy atom. The van der Waals surface area contributed by atoms with Crippen LogP contribution >= 0.6 is 0 Å². The Morgan fingerprint density at radius 1 is 1.50 bits per heavy atom. The van der Waals surface area contributed by atoms with Crippen LogP contribution in [-0.2, 0) is 0 Å². The highest BCUT2D eigenvalue weighted by atomic mass is 16.5. The van der Waals surface area contributed by atoms with Gasteiger partial charge >= 0.3 is 0 Å². The van der Waals surface area contributed by atoms with E-state index in [1.165, 1.54) is 0 Å². The summed E-state index contributed by atoms with van der Waals surface area (Å²) in [6.07, 6.45) is -2.35. The first-order chi connectivity index (χ1) is 8.63. The Labute approximate surface area is 101 Å². The number of benzene rings is 1. The number of hydrogen-bond acceptors (Lipinski definition) is 6. The summed E-state index contributed by atoms with van der Waals surface area (Å²) in [6, 6.07) is 4.75. The van der Waals surface area contributed by atoms with Gasteiger partial charge in [-0.05, 0) is 23.2 Å². The second-order valence-electron chi connectivity index (χ2n) is 3.75.